The molecule has 0 aliphatic carbocycles. The largest absolute Gasteiger partial charge is 0.465 e. The van der Waals surface area contributed by atoms with Gasteiger partial charge in [-0.15, -0.1) is 0 Å². The summed E-state index contributed by atoms with van der Waals surface area (Å²) in [6.07, 6.45) is 0. The van der Waals surface area contributed by atoms with E-state index in [0.717, 1.165) is 23.1 Å². The van der Waals surface area contributed by atoms with E-state index < -0.39 is 0 Å². The Bertz CT molecular complexity index is 484. The van der Waals surface area contributed by atoms with Gasteiger partial charge >= 0.3 is 5.97 Å². The highest BCUT2D eigenvalue weighted by molar-refractivity contribution is 9.10. The molecule has 1 aliphatic heterocycles. The van der Waals surface area contributed by atoms with E-state index >= 15 is 0 Å². The average molecular weight is 362 g/mol. The van der Waals surface area contributed by atoms with E-state index in [1.54, 1.807) is 0 Å². The van der Waals surface area contributed by atoms with Crippen molar-refractivity contribution >= 4 is 33.5 Å². The molecular weight excluding hydrogens is 344 g/mol. The smallest absolute Gasteiger partial charge is 0.324 e. The van der Waals surface area contributed by atoms with E-state index in [0.29, 0.717) is 24.7 Å². The molecule has 1 aromatic rings. The van der Waals surface area contributed by atoms with Crippen LogP contribution < -0.4 is 5.32 Å². The van der Waals surface area contributed by atoms with Crippen molar-refractivity contribution in [3.05, 3.63) is 33.3 Å². The van der Waals surface area contributed by atoms with E-state index in [1.165, 1.54) is 0 Å². The number of nitrogens with zero attached hydrogens (tertiary/aromatic N) is 1. The van der Waals surface area contributed by atoms with Crippen molar-refractivity contribution in [3.8, 4) is 0 Å². The van der Waals surface area contributed by atoms with E-state index in [1.807, 2.05) is 25.1 Å². The van der Waals surface area contributed by atoms with Crippen molar-refractivity contribution in [1.82, 2.24) is 10.2 Å². The van der Waals surface area contributed by atoms with Crippen molar-refractivity contribution in [2.75, 3.05) is 26.2 Å². The number of carbonyl (C=O) groups is 1. The fourth-order valence-electron chi connectivity index (χ4n) is 2.29. The summed E-state index contributed by atoms with van der Waals surface area (Å²) in [4.78, 5) is 14.1. The van der Waals surface area contributed by atoms with Crippen LogP contribution in [-0.2, 0) is 16.1 Å². The minimum absolute atomic E-state index is 0.169. The van der Waals surface area contributed by atoms with Gasteiger partial charge in [-0.05, 0) is 30.7 Å². The normalized spacial score (nSPS) is 19.9. The van der Waals surface area contributed by atoms with Gasteiger partial charge in [0, 0.05) is 35.7 Å². The minimum atomic E-state index is -0.241. The highest BCUT2D eigenvalue weighted by Gasteiger charge is 2.29. The summed E-state index contributed by atoms with van der Waals surface area (Å²) in [6, 6.07) is 5.46. The van der Waals surface area contributed by atoms with Gasteiger partial charge in [0.1, 0.15) is 6.04 Å². The van der Waals surface area contributed by atoms with Crippen LogP contribution in [0.1, 0.15) is 12.5 Å². The Hall–Kier alpha value is -0.620. The second-order valence-electron chi connectivity index (χ2n) is 4.68. The zero-order chi connectivity index (χ0) is 14.5. The van der Waals surface area contributed by atoms with Crippen molar-refractivity contribution in [2.45, 2.75) is 19.5 Å². The summed E-state index contributed by atoms with van der Waals surface area (Å²) < 4.78 is 6.15. The van der Waals surface area contributed by atoms with Crippen LogP contribution in [0.5, 0.6) is 0 Å². The standard InChI is InChI=1S/C14H18BrClN2O2/c1-2-20-14(19)13-8-17-5-6-18(13)9-10-7-11(16)3-4-12(10)15/h3-4,7,13,17H,2,5-6,8-9H2,1H3. The van der Waals surface area contributed by atoms with Crippen LogP contribution in [0.25, 0.3) is 0 Å². The number of ether oxygens (including phenoxy) is 1. The molecular formula is C14H18BrClN2O2. The molecule has 0 aromatic heterocycles. The first-order chi connectivity index (χ1) is 9.61. The first-order valence-electron chi connectivity index (χ1n) is 6.67. The summed E-state index contributed by atoms with van der Waals surface area (Å²) >= 11 is 9.57. The lowest BCUT2D eigenvalue weighted by Crippen LogP contribution is -2.54. The van der Waals surface area contributed by atoms with Gasteiger partial charge in [-0.2, -0.15) is 0 Å². The molecule has 1 aromatic carbocycles. The van der Waals surface area contributed by atoms with Gasteiger partial charge in [-0.3, -0.25) is 9.69 Å². The molecule has 0 spiro atoms. The van der Waals surface area contributed by atoms with E-state index in [2.05, 4.69) is 26.1 Å². The maximum absolute atomic E-state index is 12.0. The van der Waals surface area contributed by atoms with Crippen molar-refractivity contribution in [3.63, 3.8) is 0 Å². The predicted molar refractivity (Wildman–Crippen MR) is 82.9 cm³/mol. The van der Waals surface area contributed by atoms with Crippen LogP contribution in [0.15, 0.2) is 22.7 Å². The number of benzene rings is 1. The number of piperazine rings is 1. The van der Waals surface area contributed by atoms with Gasteiger partial charge in [0.25, 0.3) is 0 Å². The van der Waals surface area contributed by atoms with Crippen LogP contribution in [0.4, 0.5) is 0 Å². The Morgan fingerprint density at radius 3 is 3.15 bits per heavy atom. The topological polar surface area (TPSA) is 41.6 Å². The van der Waals surface area contributed by atoms with Gasteiger partial charge in [-0.1, -0.05) is 27.5 Å². The average Bonchev–Trinajstić information content (AvgIpc) is 2.44. The van der Waals surface area contributed by atoms with Crippen LogP contribution in [-0.4, -0.2) is 43.2 Å². The first kappa shape index (κ1) is 15.8. The van der Waals surface area contributed by atoms with Gasteiger partial charge < -0.3 is 10.1 Å². The number of carbonyl (C=O) groups excluding carboxylic acids is 1. The van der Waals surface area contributed by atoms with E-state index in [-0.39, 0.29) is 12.0 Å². The molecule has 20 heavy (non-hydrogen) atoms. The molecule has 0 amide bonds. The van der Waals surface area contributed by atoms with Crippen molar-refractivity contribution < 1.29 is 9.53 Å². The summed E-state index contributed by atoms with van der Waals surface area (Å²) in [7, 11) is 0. The third kappa shape index (κ3) is 3.95. The lowest BCUT2D eigenvalue weighted by atomic mass is 10.1. The Kier molecular flexibility index (Phi) is 5.84. The number of hydrogen-bond donors (Lipinski definition) is 1. The predicted octanol–water partition coefficient (Wildman–Crippen LogP) is 2.44. The SMILES string of the molecule is CCOC(=O)C1CNCCN1Cc1cc(Cl)ccc1Br. The van der Waals surface area contributed by atoms with Crippen LogP contribution in [0.2, 0.25) is 5.02 Å². The van der Waals surface area contributed by atoms with Crippen LogP contribution in [0.3, 0.4) is 0 Å². The Labute approximate surface area is 132 Å². The Morgan fingerprint density at radius 2 is 2.40 bits per heavy atom. The Balaban J connectivity index is 2.12. The second-order valence-corrected chi connectivity index (χ2v) is 5.97. The highest BCUT2D eigenvalue weighted by atomic mass is 79.9. The number of hydrogen-bond acceptors (Lipinski definition) is 4. The van der Waals surface area contributed by atoms with Gasteiger partial charge in [0.05, 0.1) is 6.61 Å². The molecule has 1 unspecified atom stereocenters. The van der Waals surface area contributed by atoms with E-state index in [4.69, 9.17) is 16.3 Å². The van der Waals surface area contributed by atoms with Crippen LogP contribution in [0, 0.1) is 0 Å². The minimum Gasteiger partial charge on any atom is -0.465 e. The van der Waals surface area contributed by atoms with Crippen molar-refractivity contribution in [2.24, 2.45) is 0 Å². The summed E-state index contributed by atoms with van der Waals surface area (Å²) in [5.41, 5.74) is 1.08. The molecule has 2 rings (SSSR count). The molecule has 1 atom stereocenters. The lowest BCUT2D eigenvalue weighted by molar-refractivity contribution is -0.150. The zero-order valence-electron chi connectivity index (χ0n) is 11.4. The number of esters is 1. The molecule has 0 saturated carbocycles. The highest BCUT2D eigenvalue weighted by Crippen LogP contribution is 2.23. The maximum Gasteiger partial charge on any atom is 0.324 e. The molecule has 1 saturated heterocycles. The van der Waals surface area contributed by atoms with Gasteiger partial charge in [-0.25, -0.2) is 0 Å². The lowest BCUT2D eigenvalue weighted by Gasteiger charge is -2.34. The van der Waals surface area contributed by atoms with Gasteiger partial charge in [0.15, 0.2) is 0 Å². The molecule has 110 valence electrons. The molecule has 1 aliphatic rings. The third-order valence-corrected chi connectivity index (χ3v) is 4.30. The molecule has 6 heteroatoms. The second kappa shape index (κ2) is 7.41. The summed E-state index contributed by atoms with van der Waals surface area (Å²) in [5.74, 6) is -0.169. The monoisotopic (exact) mass is 360 g/mol. The molecule has 4 nitrogen and oxygen atoms in total. The first-order valence-corrected chi connectivity index (χ1v) is 7.84. The summed E-state index contributed by atoms with van der Waals surface area (Å²) in [5, 5.41) is 3.94. The molecule has 1 N–H and O–H groups in total. The third-order valence-electron chi connectivity index (χ3n) is 3.29. The van der Waals surface area contributed by atoms with Gasteiger partial charge in [0.2, 0.25) is 0 Å². The molecule has 0 radical (unpaired) electrons. The van der Waals surface area contributed by atoms with E-state index in [9.17, 15) is 4.79 Å². The number of nitrogens with one attached hydrogen (secondary N) is 1. The molecule has 1 heterocycles. The number of halogens is 2. The zero-order valence-corrected chi connectivity index (χ0v) is 13.7. The maximum atomic E-state index is 12.0. The summed E-state index contributed by atoms with van der Waals surface area (Å²) in [6.45, 7) is 5.20. The molecule has 0 bridgehead atoms. The van der Waals surface area contributed by atoms with Crippen molar-refractivity contribution in [1.29, 1.82) is 0 Å². The quantitative estimate of drug-likeness (QED) is 0.837. The fourth-order valence-corrected chi connectivity index (χ4v) is 2.86. The molecule has 1 fully saturated rings. The number of rotatable bonds is 4. The fraction of sp³-hybridized carbons (Fsp3) is 0.500. The van der Waals surface area contributed by atoms with Crippen LogP contribution >= 0.6 is 27.5 Å². The Morgan fingerprint density at radius 1 is 1.60 bits per heavy atom.